The van der Waals surface area contributed by atoms with E-state index in [9.17, 15) is 0 Å². The molecular weight excluding hydrogens is 300 g/mol. The molecule has 0 aromatic carbocycles. The Kier molecular flexibility index (Phi) is 4.94. The van der Waals surface area contributed by atoms with Crippen molar-refractivity contribution >= 4 is 35.0 Å². The maximum atomic E-state index is 5.95. The van der Waals surface area contributed by atoms with Gasteiger partial charge in [0.25, 0.3) is 0 Å². The summed E-state index contributed by atoms with van der Waals surface area (Å²) in [6, 6.07) is 3.10. The lowest BCUT2D eigenvalue weighted by molar-refractivity contribution is 0.128. The van der Waals surface area contributed by atoms with Crippen LogP contribution >= 0.6 is 23.4 Å². The fraction of sp³-hybridized carbons (Fsp3) is 0.273. The smallest absolute Gasteiger partial charge is 0.197 e. The molecule has 0 saturated heterocycles. The van der Waals surface area contributed by atoms with Crippen molar-refractivity contribution in [2.45, 2.75) is 23.7 Å². The first-order valence-corrected chi connectivity index (χ1v) is 6.95. The topological polar surface area (TPSA) is 113 Å². The standard InChI is InChI=1S/C11H13ClN6OS/c1-2-19-5-9-15-6(12)3-10(18-9)20-11-16-7(13)4-8(14)17-11/h3-4H,2,5H2,1H3,(H4,13,14,16,17). The van der Waals surface area contributed by atoms with E-state index < -0.39 is 0 Å². The van der Waals surface area contributed by atoms with Gasteiger partial charge >= 0.3 is 0 Å². The molecule has 4 N–H and O–H groups in total. The summed E-state index contributed by atoms with van der Waals surface area (Å²) in [5.74, 6) is 1.10. The van der Waals surface area contributed by atoms with E-state index in [-0.39, 0.29) is 0 Å². The lowest BCUT2D eigenvalue weighted by atomic mass is 10.5. The van der Waals surface area contributed by atoms with Crippen LogP contribution in [0.3, 0.4) is 0 Å². The van der Waals surface area contributed by atoms with Gasteiger partial charge in [-0.1, -0.05) is 11.6 Å². The molecule has 2 heterocycles. The largest absolute Gasteiger partial charge is 0.383 e. The first-order valence-electron chi connectivity index (χ1n) is 5.76. The van der Waals surface area contributed by atoms with Gasteiger partial charge in [0.15, 0.2) is 11.0 Å². The van der Waals surface area contributed by atoms with Crippen LogP contribution in [0.5, 0.6) is 0 Å². The molecule has 0 aliphatic carbocycles. The van der Waals surface area contributed by atoms with Crippen LogP contribution in [-0.4, -0.2) is 26.5 Å². The Bertz CT molecular complexity index is 591. The van der Waals surface area contributed by atoms with E-state index >= 15 is 0 Å². The molecular formula is C11H13ClN6OS. The molecule has 106 valence electrons. The van der Waals surface area contributed by atoms with Crippen LogP contribution in [-0.2, 0) is 11.3 Å². The highest BCUT2D eigenvalue weighted by Crippen LogP contribution is 2.26. The second-order valence-corrected chi connectivity index (χ2v) is 5.06. The quantitative estimate of drug-likeness (QED) is 0.634. The van der Waals surface area contributed by atoms with Crippen LogP contribution in [0.25, 0.3) is 0 Å². The molecule has 0 aliphatic heterocycles. The van der Waals surface area contributed by atoms with Crippen molar-refractivity contribution < 1.29 is 4.74 Å². The van der Waals surface area contributed by atoms with Crippen molar-refractivity contribution in [3.05, 3.63) is 23.1 Å². The molecule has 9 heteroatoms. The highest BCUT2D eigenvalue weighted by Gasteiger charge is 2.08. The number of aromatic nitrogens is 4. The molecule has 2 rings (SSSR count). The molecule has 20 heavy (non-hydrogen) atoms. The minimum atomic E-state index is 0.296. The predicted octanol–water partition coefficient (Wildman–Crippen LogP) is 1.77. The SMILES string of the molecule is CCOCc1nc(Cl)cc(Sc2nc(N)cc(N)n2)n1. The molecule has 0 amide bonds. The average molecular weight is 313 g/mol. The predicted molar refractivity (Wildman–Crippen MR) is 77.4 cm³/mol. The summed E-state index contributed by atoms with van der Waals surface area (Å²) in [5, 5.41) is 1.33. The number of nitrogen functional groups attached to an aromatic ring is 2. The van der Waals surface area contributed by atoms with Crippen LogP contribution in [0.2, 0.25) is 5.15 Å². The number of nitrogens with zero attached hydrogens (tertiary/aromatic N) is 4. The summed E-state index contributed by atoms with van der Waals surface area (Å²) in [6.45, 7) is 2.77. The lowest BCUT2D eigenvalue weighted by Gasteiger charge is -2.05. The van der Waals surface area contributed by atoms with Crippen LogP contribution in [0.1, 0.15) is 12.7 Å². The number of hydrogen-bond donors (Lipinski definition) is 2. The summed E-state index contributed by atoms with van der Waals surface area (Å²) >= 11 is 7.15. The van der Waals surface area contributed by atoms with Crippen molar-refractivity contribution in [1.82, 2.24) is 19.9 Å². The van der Waals surface area contributed by atoms with Gasteiger partial charge in [0.05, 0.1) is 0 Å². The fourth-order valence-electron chi connectivity index (χ4n) is 1.35. The number of nitrogens with two attached hydrogens (primary N) is 2. The molecule has 0 saturated carbocycles. The third kappa shape index (κ3) is 4.19. The van der Waals surface area contributed by atoms with E-state index in [0.717, 1.165) is 0 Å². The van der Waals surface area contributed by atoms with E-state index in [4.69, 9.17) is 27.8 Å². The number of rotatable bonds is 5. The third-order valence-electron chi connectivity index (χ3n) is 2.09. The monoisotopic (exact) mass is 312 g/mol. The zero-order valence-electron chi connectivity index (χ0n) is 10.7. The summed E-state index contributed by atoms with van der Waals surface area (Å²) < 4.78 is 5.25. The highest BCUT2D eigenvalue weighted by molar-refractivity contribution is 7.99. The van der Waals surface area contributed by atoms with Gasteiger partial charge in [-0.15, -0.1) is 0 Å². The Balaban J connectivity index is 2.21. The first-order chi connectivity index (χ1) is 9.56. The molecule has 0 unspecified atom stereocenters. The minimum Gasteiger partial charge on any atom is -0.383 e. The molecule has 7 nitrogen and oxygen atoms in total. The Labute approximate surface area is 125 Å². The molecule has 0 bridgehead atoms. The fourth-order valence-corrected chi connectivity index (χ4v) is 2.43. The van der Waals surface area contributed by atoms with Crippen LogP contribution in [0.15, 0.2) is 22.3 Å². The molecule has 2 aromatic heterocycles. The molecule has 0 fully saturated rings. The Hall–Kier alpha value is -1.64. The first kappa shape index (κ1) is 14.8. The summed E-state index contributed by atoms with van der Waals surface area (Å²) in [5.41, 5.74) is 11.2. The Morgan fingerprint density at radius 2 is 1.85 bits per heavy atom. The normalized spacial score (nSPS) is 10.7. The van der Waals surface area contributed by atoms with Crippen LogP contribution < -0.4 is 11.5 Å². The Morgan fingerprint density at radius 3 is 2.50 bits per heavy atom. The van der Waals surface area contributed by atoms with Crippen molar-refractivity contribution in [3.63, 3.8) is 0 Å². The average Bonchev–Trinajstić information content (AvgIpc) is 2.34. The maximum absolute atomic E-state index is 5.95. The number of ether oxygens (including phenoxy) is 1. The van der Waals surface area contributed by atoms with Crippen molar-refractivity contribution in [2.75, 3.05) is 18.1 Å². The van der Waals surface area contributed by atoms with Crippen LogP contribution in [0, 0.1) is 0 Å². The van der Waals surface area contributed by atoms with Gasteiger partial charge in [0.1, 0.15) is 28.4 Å². The second kappa shape index (κ2) is 6.69. The molecule has 0 aliphatic rings. The van der Waals surface area contributed by atoms with E-state index in [2.05, 4.69) is 19.9 Å². The van der Waals surface area contributed by atoms with Gasteiger partial charge in [-0.05, 0) is 18.7 Å². The molecule has 2 aromatic rings. The minimum absolute atomic E-state index is 0.296. The van der Waals surface area contributed by atoms with Crippen molar-refractivity contribution in [2.24, 2.45) is 0 Å². The number of hydrogen-bond acceptors (Lipinski definition) is 8. The molecule has 0 atom stereocenters. The van der Waals surface area contributed by atoms with Gasteiger partial charge in [-0.3, -0.25) is 0 Å². The van der Waals surface area contributed by atoms with Gasteiger partial charge in [-0.25, -0.2) is 19.9 Å². The van der Waals surface area contributed by atoms with Gasteiger partial charge < -0.3 is 16.2 Å². The Morgan fingerprint density at radius 1 is 1.15 bits per heavy atom. The third-order valence-corrected chi connectivity index (χ3v) is 3.07. The summed E-state index contributed by atoms with van der Waals surface area (Å²) in [4.78, 5) is 16.5. The van der Waals surface area contributed by atoms with Crippen molar-refractivity contribution in [3.8, 4) is 0 Å². The van der Waals surface area contributed by atoms with Crippen LogP contribution in [0.4, 0.5) is 11.6 Å². The summed E-state index contributed by atoms with van der Waals surface area (Å²) in [6.07, 6.45) is 0. The lowest BCUT2D eigenvalue weighted by Crippen LogP contribution is -2.02. The zero-order valence-corrected chi connectivity index (χ0v) is 12.3. The van der Waals surface area contributed by atoms with E-state index in [1.54, 1.807) is 6.07 Å². The van der Waals surface area contributed by atoms with Gasteiger partial charge in [0, 0.05) is 18.7 Å². The van der Waals surface area contributed by atoms with E-state index in [1.165, 1.54) is 17.8 Å². The molecule has 0 spiro atoms. The van der Waals surface area contributed by atoms with E-state index in [0.29, 0.717) is 46.0 Å². The maximum Gasteiger partial charge on any atom is 0.197 e. The van der Waals surface area contributed by atoms with E-state index in [1.807, 2.05) is 6.92 Å². The highest BCUT2D eigenvalue weighted by atomic mass is 35.5. The van der Waals surface area contributed by atoms with Gasteiger partial charge in [0.2, 0.25) is 0 Å². The summed E-state index contributed by atoms with van der Waals surface area (Å²) in [7, 11) is 0. The number of anilines is 2. The van der Waals surface area contributed by atoms with Crippen molar-refractivity contribution in [1.29, 1.82) is 0 Å². The molecule has 0 radical (unpaired) electrons. The zero-order chi connectivity index (χ0) is 14.5. The second-order valence-electron chi connectivity index (χ2n) is 3.68. The van der Waals surface area contributed by atoms with Gasteiger partial charge in [-0.2, -0.15) is 0 Å². The number of halogens is 1.